The van der Waals surface area contributed by atoms with Crippen molar-refractivity contribution >= 4 is 5.96 Å². The molecule has 0 fully saturated rings. The van der Waals surface area contributed by atoms with Crippen molar-refractivity contribution in [3.63, 3.8) is 0 Å². The molecule has 1 unspecified atom stereocenters. The fourth-order valence-electron chi connectivity index (χ4n) is 1.40. The normalized spacial score (nSPS) is 13.5. The van der Waals surface area contributed by atoms with Crippen LogP contribution in [0.25, 0.3) is 0 Å². The van der Waals surface area contributed by atoms with E-state index < -0.39 is 0 Å². The highest BCUT2D eigenvalue weighted by Crippen LogP contribution is 1.89. The highest BCUT2D eigenvalue weighted by Gasteiger charge is 2.03. The molecule has 5 heteroatoms. The van der Waals surface area contributed by atoms with Crippen LogP contribution in [0, 0.1) is 0 Å². The first-order chi connectivity index (χ1) is 8.24. The number of nitrogens with zero attached hydrogens (tertiary/aromatic N) is 1. The molecule has 0 aliphatic heterocycles. The number of methoxy groups -OCH3 is 1. The van der Waals surface area contributed by atoms with Gasteiger partial charge in [-0.1, -0.05) is 0 Å². The van der Waals surface area contributed by atoms with E-state index in [4.69, 9.17) is 9.47 Å². The van der Waals surface area contributed by atoms with Gasteiger partial charge in [-0.05, 0) is 26.7 Å². The molecule has 0 radical (unpaired) electrons. The summed E-state index contributed by atoms with van der Waals surface area (Å²) in [6, 6.07) is 0.259. The summed E-state index contributed by atoms with van der Waals surface area (Å²) in [5.74, 6) is 0.825. The fraction of sp³-hybridized carbons (Fsp3) is 0.917. The van der Waals surface area contributed by atoms with Gasteiger partial charge in [-0.3, -0.25) is 4.99 Å². The van der Waals surface area contributed by atoms with Gasteiger partial charge in [-0.15, -0.1) is 0 Å². The Morgan fingerprint density at radius 1 is 1.35 bits per heavy atom. The van der Waals surface area contributed by atoms with Crippen molar-refractivity contribution < 1.29 is 9.47 Å². The lowest BCUT2D eigenvalue weighted by Gasteiger charge is -2.17. The molecule has 17 heavy (non-hydrogen) atoms. The van der Waals surface area contributed by atoms with Crippen molar-refractivity contribution in [2.45, 2.75) is 32.7 Å². The third-order valence-corrected chi connectivity index (χ3v) is 2.24. The maximum Gasteiger partial charge on any atom is 0.191 e. The van der Waals surface area contributed by atoms with Crippen molar-refractivity contribution in [1.29, 1.82) is 0 Å². The van der Waals surface area contributed by atoms with Gasteiger partial charge in [0, 0.05) is 40.0 Å². The quantitative estimate of drug-likeness (QED) is 0.361. The number of rotatable bonds is 9. The summed E-state index contributed by atoms with van der Waals surface area (Å²) >= 11 is 0. The summed E-state index contributed by atoms with van der Waals surface area (Å²) in [5, 5.41) is 6.52. The largest absolute Gasteiger partial charge is 0.383 e. The molecule has 0 saturated heterocycles. The van der Waals surface area contributed by atoms with Crippen molar-refractivity contribution in [2.24, 2.45) is 4.99 Å². The van der Waals surface area contributed by atoms with E-state index in [0.29, 0.717) is 6.61 Å². The van der Waals surface area contributed by atoms with Crippen LogP contribution >= 0.6 is 0 Å². The molecule has 5 nitrogen and oxygen atoms in total. The Morgan fingerprint density at radius 2 is 2.12 bits per heavy atom. The molecule has 0 aromatic rings. The van der Waals surface area contributed by atoms with Crippen LogP contribution in [0.4, 0.5) is 0 Å². The smallest absolute Gasteiger partial charge is 0.191 e. The number of ether oxygens (including phenoxy) is 2. The maximum absolute atomic E-state index is 5.27. The monoisotopic (exact) mass is 245 g/mol. The van der Waals surface area contributed by atoms with E-state index in [0.717, 1.165) is 38.6 Å². The van der Waals surface area contributed by atoms with Crippen LogP contribution < -0.4 is 10.6 Å². The average Bonchev–Trinajstić information content (AvgIpc) is 2.32. The van der Waals surface area contributed by atoms with Crippen LogP contribution in [0.2, 0.25) is 0 Å². The Kier molecular flexibility index (Phi) is 11.1. The van der Waals surface area contributed by atoms with Gasteiger partial charge in [0.1, 0.15) is 0 Å². The summed E-state index contributed by atoms with van der Waals surface area (Å²) in [7, 11) is 3.47. The predicted octanol–water partition coefficient (Wildman–Crippen LogP) is 1.00. The molecule has 0 aliphatic carbocycles. The minimum Gasteiger partial charge on any atom is -0.383 e. The summed E-state index contributed by atoms with van der Waals surface area (Å²) in [6.45, 7) is 7.29. The molecule has 0 aromatic carbocycles. The summed E-state index contributed by atoms with van der Waals surface area (Å²) in [5.41, 5.74) is 0. The minimum atomic E-state index is 0.259. The van der Waals surface area contributed by atoms with E-state index in [9.17, 15) is 0 Å². The lowest BCUT2D eigenvalue weighted by atomic mass is 10.3. The van der Waals surface area contributed by atoms with E-state index in [1.54, 1.807) is 14.2 Å². The highest BCUT2D eigenvalue weighted by atomic mass is 16.5. The second-order valence-electron chi connectivity index (χ2n) is 3.90. The molecule has 102 valence electrons. The van der Waals surface area contributed by atoms with Gasteiger partial charge in [0.15, 0.2) is 5.96 Å². The second-order valence-corrected chi connectivity index (χ2v) is 3.90. The van der Waals surface area contributed by atoms with Crippen molar-refractivity contribution in [2.75, 3.05) is 40.5 Å². The molecular weight excluding hydrogens is 218 g/mol. The minimum absolute atomic E-state index is 0.259. The Labute approximate surface area is 105 Å². The topological polar surface area (TPSA) is 54.9 Å². The van der Waals surface area contributed by atoms with Crippen molar-refractivity contribution in [3.05, 3.63) is 0 Å². The molecular formula is C12H27N3O2. The van der Waals surface area contributed by atoms with Crippen molar-refractivity contribution in [1.82, 2.24) is 10.6 Å². The van der Waals surface area contributed by atoms with Gasteiger partial charge >= 0.3 is 0 Å². The van der Waals surface area contributed by atoms with Crippen LogP contribution in [0.15, 0.2) is 4.99 Å². The maximum atomic E-state index is 5.27. The number of hydrogen-bond acceptors (Lipinski definition) is 3. The fourth-order valence-corrected chi connectivity index (χ4v) is 1.40. The highest BCUT2D eigenvalue weighted by molar-refractivity contribution is 5.79. The van der Waals surface area contributed by atoms with Gasteiger partial charge in [-0.25, -0.2) is 0 Å². The zero-order valence-corrected chi connectivity index (χ0v) is 11.6. The van der Waals surface area contributed by atoms with Gasteiger partial charge in [0.05, 0.1) is 6.61 Å². The Balaban J connectivity index is 3.55. The average molecular weight is 245 g/mol. The summed E-state index contributed by atoms with van der Waals surface area (Å²) in [4.78, 5) is 4.15. The first-order valence-electron chi connectivity index (χ1n) is 6.28. The van der Waals surface area contributed by atoms with Crippen LogP contribution in [-0.4, -0.2) is 52.5 Å². The Morgan fingerprint density at radius 3 is 2.71 bits per heavy atom. The Bertz CT molecular complexity index is 198. The SMILES string of the molecule is CCOCCCCNC(=NC)NC(C)COC. The first-order valence-corrected chi connectivity index (χ1v) is 6.28. The summed E-state index contributed by atoms with van der Waals surface area (Å²) in [6.07, 6.45) is 2.16. The third-order valence-electron chi connectivity index (χ3n) is 2.24. The van der Waals surface area contributed by atoms with Gasteiger partial charge < -0.3 is 20.1 Å². The van der Waals surface area contributed by atoms with Crippen LogP contribution in [0.5, 0.6) is 0 Å². The number of nitrogens with one attached hydrogen (secondary N) is 2. The van der Waals surface area contributed by atoms with Gasteiger partial charge in [-0.2, -0.15) is 0 Å². The summed E-state index contributed by atoms with van der Waals surface area (Å²) < 4.78 is 10.3. The number of aliphatic imine (C=N–C) groups is 1. The van der Waals surface area contributed by atoms with E-state index in [-0.39, 0.29) is 6.04 Å². The van der Waals surface area contributed by atoms with E-state index >= 15 is 0 Å². The van der Waals surface area contributed by atoms with E-state index in [2.05, 4.69) is 22.5 Å². The standard InChI is InChI=1S/C12H27N3O2/c1-5-17-9-7-6-8-14-12(13-3)15-11(2)10-16-4/h11H,5-10H2,1-4H3,(H2,13,14,15). The zero-order chi connectivity index (χ0) is 12.9. The molecule has 0 spiro atoms. The van der Waals surface area contributed by atoms with Gasteiger partial charge in [0.2, 0.25) is 0 Å². The molecule has 0 rings (SSSR count). The van der Waals surface area contributed by atoms with Gasteiger partial charge in [0.25, 0.3) is 0 Å². The molecule has 0 heterocycles. The molecule has 2 N–H and O–H groups in total. The number of guanidine groups is 1. The molecule has 0 amide bonds. The molecule has 0 aromatic heterocycles. The van der Waals surface area contributed by atoms with E-state index in [1.807, 2.05) is 6.92 Å². The molecule has 0 saturated carbocycles. The predicted molar refractivity (Wildman–Crippen MR) is 71.6 cm³/mol. The Hall–Kier alpha value is -0.810. The molecule has 0 aliphatic rings. The van der Waals surface area contributed by atoms with Crippen LogP contribution in [0.3, 0.4) is 0 Å². The number of unbranched alkanes of at least 4 members (excludes halogenated alkanes) is 1. The molecule has 1 atom stereocenters. The number of hydrogen-bond donors (Lipinski definition) is 2. The second kappa shape index (κ2) is 11.7. The zero-order valence-electron chi connectivity index (χ0n) is 11.6. The van der Waals surface area contributed by atoms with Crippen LogP contribution in [0.1, 0.15) is 26.7 Å². The first kappa shape index (κ1) is 16.2. The van der Waals surface area contributed by atoms with E-state index in [1.165, 1.54) is 0 Å². The molecule has 0 bridgehead atoms. The van der Waals surface area contributed by atoms with Crippen LogP contribution in [-0.2, 0) is 9.47 Å². The lowest BCUT2D eigenvalue weighted by molar-refractivity contribution is 0.143. The lowest BCUT2D eigenvalue weighted by Crippen LogP contribution is -2.44. The van der Waals surface area contributed by atoms with Crippen molar-refractivity contribution in [3.8, 4) is 0 Å². The third kappa shape index (κ3) is 10.1.